The van der Waals surface area contributed by atoms with Crippen LogP contribution in [0, 0.1) is 11.8 Å². The zero-order chi connectivity index (χ0) is 27.3. The van der Waals surface area contributed by atoms with Crippen LogP contribution in [0.15, 0.2) is 0 Å². The normalized spacial score (nSPS) is 16.4. The lowest BCUT2D eigenvalue weighted by atomic mass is 9.84. The maximum Gasteiger partial charge on any atom is 0.322 e. The topological polar surface area (TPSA) is 162 Å². The second-order valence-electron chi connectivity index (χ2n) is 9.84. The van der Waals surface area contributed by atoms with Gasteiger partial charge in [0.2, 0.25) is 23.6 Å². The Balaban J connectivity index is 2.85. The van der Waals surface area contributed by atoms with Crippen molar-refractivity contribution < 1.29 is 29.1 Å². The Kier molecular flexibility index (Phi) is 14.0. The Labute approximate surface area is 214 Å². The number of nitrogens with zero attached hydrogens (tertiary/aromatic N) is 2. The van der Waals surface area contributed by atoms with Crippen molar-refractivity contribution in [2.75, 3.05) is 32.7 Å². The first-order valence-corrected chi connectivity index (χ1v) is 13.1. The third-order valence-electron chi connectivity index (χ3n) is 7.20. The Morgan fingerprint density at radius 1 is 0.889 bits per heavy atom. The number of rotatable bonds is 15. The Morgan fingerprint density at radius 3 is 1.97 bits per heavy atom. The van der Waals surface area contributed by atoms with Gasteiger partial charge in [-0.1, -0.05) is 39.5 Å². The van der Waals surface area contributed by atoms with E-state index in [2.05, 4.69) is 17.6 Å². The molecule has 1 saturated carbocycles. The van der Waals surface area contributed by atoms with E-state index in [0.717, 1.165) is 44.9 Å². The van der Waals surface area contributed by atoms with Crippen molar-refractivity contribution in [2.45, 2.75) is 84.7 Å². The summed E-state index contributed by atoms with van der Waals surface area (Å²) in [7, 11) is 0. The summed E-state index contributed by atoms with van der Waals surface area (Å²) >= 11 is 0. The van der Waals surface area contributed by atoms with Crippen molar-refractivity contribution in [1.29, 1.82) is 0 Å². The van der Waals surface area contributed by atoms with Crippen molar-refractivity contribution in [3.8, 4) is 0 Å². The van der Waals surface area contributed by atoms with E-state index in [0.29, 0.717) is 0 Å². The van der Waals surface area contributed by atoms with Crippen LogP contribution in [-0.4, -0.2) is 89.3 Å². The van der Waals surface area contributed by atoms with Gasteiger partial charge in [-0.3, -0.25) is 24.0 Å². The first-order valence-electron chi connectivity index (χ1n) is 13.1. The third kappa shape index (κ3) is 10.5. The summed E-state index contributed by atoms with van der Waals surface area (Å²) in [5.74, 6) is -2.60. The maximum absolute atomic E-state index is 13.1. The summed E-state index contributed by atoms with van der Waals surface area (Å²) in [6.07, 6.45) is 6.98. The number of hydrogen-bond acceptors (Lipinski definition) is 6. The highest BCUT2D eigenvalue weighted by atomic mass is 16.4. The number of carbonyl (C=O) groups is 5. The number of hydrogen-bond donors (Lipinski definition) is 4. The smallest absolute Gasteiger partial charge is 0.322 e. The van der Waals surface area contributed by atoms with Crippen molar-refractivity contribution in [3.05, 3.63) is 0 Å². The molecule has 0 aromatic carbocycles. The molecule has 0 radical (unpaired) electrons. The van der Waals surface area contributed by atoms with Crippen LogP contribution in [0.1, 0.15) is 72.6 Å². The van der Waals surface area contributed by atoms with Crippen LogP contribution in [-0.2, 0) is 24.0 Å². The minimum Gasteiger partial charge on any atom is -0.480 e. The number of nitrogens with two attached hydrogens (primary N) is 1. The molecule has 1 fully saturated rings. The van der Waals surface area contributed by atoms with E-state index in [1.54, 1.807) is 0 Å². The molecule has 0 saturated heterocycles. The lowest BCUT2D eigenvalue weighted by Gasteiger charge is -2.36. The van der Waals surface area contributed by atoms with E-state index in [4.69, 9.17) is 10.8 Å². The predicted octanol–water partition coefficient (Wildman–Crippen LogP) is 0.713. The number of aliphatic carboxylic acids is 1. The molecule has 0 aliphatic heterocycles. The number of amides is 4. The second kappa shape index (κ2) is 16.1. The molecule has 1 rings (SSSR count). The quantitative estimate of drug-likeness (QED) is 0.252. The molecule has 0 spiro atoms. The Bertz CT molecular complexity index is 755. The zero-order valence-corrected chi connectivity index (χ0v) is 22.3. The molecule has 0 aromatic rings. The van der Waals surface area contributed by atoms with Crippen LogP contribution in [0.2, 0.25) is 0 Å². The minimum atomic E-state index is -1.17. The van der Waals surface area contributed by atoms with Crippen LogP contribution in [0.5, 0.6) is 0 Å². The molecule has 1 aliphatic carbocycles. The fourth-order valence-electron chi connectivity index (χ4n) is 4.78. The highest BCUT2D eigenvalue weighted by molar-refractivity contribution is 5.91. The van der Waals surface area contributed by atoms with E-state index in [1.807, 2.05) is 20.8 Å². The van der Waals surface area contributed by atoms with Crippen LogP contribution >= 0.6 is 0 Å². The summed E-state index contributed by atoms with van der Waals surface area (Å²) in [4.78, 5) is 64.2. The van der Waals surface area contributed by atoms with Crippen LogP contribution in [0.4, 0.5) is 0 Å². The standard InChI is InChI=1S/C25H45N5O6/c1-5-9-17(2)18(3)29(23(33)12-26)15-21(31)27-13-24(34)30(16-22(32)28-14-25(35)36)19(4)20-10-7-6-8-11-20/h17-20H,5-16,26H2,1-4H3,(H,27,31)(H,28,32)(H,35,36)/t17?,18-,19-/m0/s1. The molecular weight excluding hydrogens is 466 g/mol. The summed E-state index contributed by atoms with van der Waals surface area (Å²) in [5.41, 5.74) is 5.56. The third-order valence-corrected chi connectivity index (χ3v) is 7.20. The monoisotopic (exact) mass is 511 g/mol. The maximum atomic E-state index is 13.1. The summed E-state index contributed by atoms with van der Waals surface area (Å²) in [6.45, 7) is 6.27. The predicted molar refractivity (Wildman–Crippen MR) is 136 cm³/mol. The van der Waals surface area contributed by atoms with E-state index in [9.17, 15) is 24.0 Å². The summed E-state index contributed by atoms with van der Waals surface area (Å²) in [6, 6.07) is -0.432. The Morgan fingerprint density at radius 2 is 1.44 bits per heavy atom. The first-order chi connectivity index (χ1) is 17.0. The van der Waals surface area contributed by atoms with Gasteiger partial charge < -0.3 is 31.3 Å². The van der Waals surface area contributed by atoms with Gasteiger partial charge in [0.1, 0.15) is 6.54 Å². The molecule has 0 aromatic heterocycles. The van der Waals surface area contributed by atoms with Crippen molar-refractivity contribution in [1.82, 2.24) is 20.4 Å². The fourth-order valence-corrected chi connectivity index (χ4v) is 4.78. The number of carboxylic acid groups (broad SMARTS) is 1. The molecule has 1 aliphatic rings. The van der Waals surface area contributed by atoms with Gasteiger partial charge in [-0.2, -0.15) is 0 Å². The van der Waals surface area contributed by atoms with Gasteiger partial charge >= 0.3 is 5.97 Å². The minimum absolute atomic E-state index is 0.177. The average Bonchev–Trinajstić information content (AvgIpc) is 2.87. The van der Waals surface area contributed by atoms with Gasteiger partial charge in [-0.25, -0.2) is 0 Å². The molecule has 0 heterocycles. The summed E-state index contributed by atoms with van der Waals surface area (Å²) in [5, 5.41) is 13.7. The highest BCUT2D eigenvalue weighted by Gasteiger charge is 2.31. The summed E-state index contributed by atoms with van der Waals surface area (Å²) < 4.78 is 0. The molecule has 3 atom stereocenters. The lowest BCUT2D eigenvalue weighted by Crippen LogP contribution is -2.53. The molecule has 11 nitrogen and oxygen atoms in total. The molecule has 11 heteroatoms. The zero-order valence-electron chi connectivity index (χ0n) is 22.3. The van der Waals surface area contributed by atoms with Crippen molar-refractivity contribution in [3.63, 3.8) is 0 Å². The molecule has 1 unspecified atom stereocenters. The van der Waals surface area contributed by atoms with Gasteiger partial charge in [0.25, 0.3) is 0 Å². The molecular formula is C25H45N5O6. The number of carbonyl (C=O) groups excluding carboxylic acids is 4. The van der Waals surface area contributed by atoms with Gasteiger partial charge in [-0.05, 0) is 44.9 Å². The average molecular weight is 512 g/mol. The second-order valence-corrected chi connectivity index (χ2v) is 9.84. The number of carboxylic acids is 1. The van der Waals surface area contributed by atoms with Gasteiger partial charge in [0.05, 0.1) is 26.2 Å². The van der Waals surface area contributed by atoms with E-state index in [1.165, 1.54) is 9.80 Å². The van der Waals surface area contributed by atoms with Gasteiger partial charge in [0, 0.05) is 12.1 Å². The molecule has 0 bridgehead atoms. The van der Waals surface area contributed by atoms with Crippen LogP contribution in [0.3, 0.4) is 0 Å². The van der Waals surface area contributed by atoms with Gasteiger partial charge in [0.15, 0.2) is 0 Å². The lowest BCUT2D eigenvalue weighted by molar-refractivity contribution is -0.141. The van der Waals surface area contributed by atoms with Crippen LogP contribution < -0.4 is 16.4 Å². The first kappa shape index (κ1) is 31.3. The highest BCUT2D eigenvalue weighted by Crippen LogP contribution is 2.29. The Hall–Kier alpha value is -2.69. The molecule has 5 N–H and O–H groups in total. The van der Waals surface area contributed by atoms with Gasteiger partial charge in [-0.15, -0.1) is 0 Å². The van der Waals surface area contributed by atoms with Crippen molar-refractivity contribution in [2.24, 2.45) is 17.6 Å². The van der Waals surface area contributed by atoms with E-state index >= 15 is 0 Å². The van der Waals surface area contributed by atoms with E-state index in [-0.39, 0.29) is 56.0 Å². The molecule has 206 valence electrons. The molecule has 36 heavy (non-hydrogen) atoms. The van der Waals surface area contributed by atoms with E-state index < -0.39 is 30.2 Å². The molecule has 4 amide bonds. The fraction of sp³-hybridized carbons (Fsp3) is 0.800. The largest absolute Gasteiger partial charge is 0.480 e. The number of nitrogens with one attached hydrogen (secondary N) is 2. The van der Waals surface area contributed by atoms with Crippen LogP contribution in [0.25, 0.3) is 0 Å². The van der Waals surface area contributed by atoms with Crippen molar-refractivity contribution >= 4 is 29.6 Å². The SMILES string of the molecule is CCCC(C)[C@H](C)N(CC(=O)NCC(=O)N(CC(=O)NCC(=O)O)[C@@H](C)C1CCCCC1)C(=O)CN.